The lowest BCUT2D eigenvalue weighted by molar-refractivity contribution is -0.161. The first-order valence-electron chi connectivity index (χ1n) is 23.9. The summed E-state index contributed by atoms with van der Waals surface area (Å²) in [4.78, 5) is 43.0. The van der Waals surface area contributed by atoms with Crippen molar-refractivity contribution >= 4 is 19.8 Å². The number of carbonyl (C=O) groups excluding carboxylic acids is 2. The molecule has 0 bridgehead atoms. The Bertz CT molecular complexity index is 1080. The fourth-order valence-corrected chi connectivity index (χ4v) is 7.10. The Morgan fingerprint density at radius 2 is 0.793 bits per heavy atom. The first kappa shape index (κ1) is 56.0. The van der Waals surface area contributed by atoms with E-state index in [1.54, 1.807) is 0 Å². The van der Waals surface area contributed by atoms with Crippen LogP contribution in [-0.4, -0.2) is 41.0 Å². The third-order valence-corrected chi connectivity index (χ3v) is 10.8. The Morgan fingerprint density at radius 1 is 0.448 bits per heavy atom. The minimum Gasteiger partial charge on any atom is -0.462 e. The molecule has 0 saturated carbocycles. The van der Waals surface area contributed by atoms with Crippen molar-refractivity contribution in [2.45, 2.75) is 238 Å². The van der Waals surface area contributed by atoms with Gasteiger partial charge < -0.3 is 19.3 Å². The molecule has 0 unspecified atom stereocenters. The number of phosphoric ester groups is 1. The van der Waals surface area contributed by atoms with Crippen LogP contribution in [0.1, 0.15) is 232 Å². The van der Waals surface area contributed by atoms with Crippen molar-refractivity contribution in [2.24, 2.45) is 0 Å². The van der Waals surface area contributed by atoms with Crippen molar-refractivity contribution in [3.05, 3.63) is 48.6 Å². The second-order valence-electron chi connectivity index (χ2n) is 16.1. The van der Waals surface area contributed by atoms with Crippen LogP contribution in [0.25, 0.3) is 0 Å². The molecule has 0 amide bonds. The Hall–Kier alpha value is -1.99. The van der Waals surface area contributed by atoms with Crippen molar-refractivity contribution in [3.63, 3.8) is 0 Å². The standard InChI is InChI=1S/C49H89O8P/c1-3-5-7-9-11-13-15-17-19-21-22-23-24-25-26-28-29-31-33-35-37-39-41-43-48(50)55-45-47(46-56-58(52,53)54)57-49(51)44-42-40-38-36-34-32-30-27-20-18-16-14-12-10-8-6-4-2/h12,14,18,20,30,32,35,37,47H,3-11,13,15-17,19,21-29,31,33-34,36,38-46H2,1-2H3,(H2,52,53,54)/b14-12+,20-18+,32-30+,37-35+/t47-/m1/s1. The Kier molecular flexibility index (Phi) is 43.0. The summed E-state index contributed by atoms with van der Waals surface area (Å²) in [7, 11) is -4.77. The lowest BCUT2D eigenvalue weighted by Gasteiger charge is -2.18. The number of esters is 2. The van der Waals surface area contributed by atoms with E-state index >= 15 is 0 Å². The van der Waals surface area contributed by atoms with Crippen LogP contribution in [0.2, 0.25) is 0 Å². The van der Waals surface area contributed by atoms with Gasteiger partial charge in [-0.25, -0.2) is 4.57 Å². The molecule has 0 spiro atoms. The minimum absolute atomic E-state index is 0.180. The van der Waals surface area contributed by atoms with E-state index in [-0.39, 0.29) is 19.4 Å². The molecule has 1 atom stereocenters. The third kappa shape index (κ3) is 46.7. The monoisotopic (exact) mass is 837 g/mol. The van der Waals surface area contributed by atoms with Gasteiger partial charge in [0.15, 0.2) is 6.10 Å². The van der Waals surface area contributed by atoms with Gasteiger partial charge in [0.1, 0.15) is 6.61 Å². The van der Waals surface area contributed by atoms with E-state index in [9.17, 15) is 14.2 Å². The molecular formula is C49H89O8P. The summed E-state index contributed by atoms with van der Waals surface area (Å²) < 4.78 is 26.4. The van der Waals surface area contributed by atoms with Gasteiger partial charge in [0.2, 0.25) is 0 Å². The van der Waals surface area contributed by atoms with Gasteiger partial charge in [0, 0.05) is 12.8 Å². The van der Waals surface area contributed by atoms with Crippen LogP contribution < -0.4 is 0 Å². The Balaban J connectivity index is 3.89. The highest BCUT2D eigenvalue weighted by Gasteiger charge is 2.22. The number of hydrogen-bond acceptors (Lipinski definition) is 6. The van der Waals surface area contributed by atoms with Crippen molar-refractivity contribution in [3.8, 4) is 0 Å². The molecule has 0 aliphatic rings. The summed E-state index contributed by atoms with van der Waals surface area (Å²) in [6, 6.07) is 0. The van der Waals surface area contributed by atoms with Crippen LogP contribution in [0.15, 0.2) is 48.6 Å². The Labute approximate surface area is 356 Å². The molecule has 0 fully saturated rings. The molecular weight excluding hydrogens is 748 g/mol. The summed E-state index contributed by atoms with van der Waals surface area (Å²) in [5.74, 6) is -0.942. The maximum absolute atomic E-state index is 12.4. The molecule has 0 saturated heterocycles. The second kappa shape index (κ2) is 44.6. The molecule has 0 aromatic rings. The fraction of sp³-hybridized carbons (Fsp3) is 0.796. The summed E-state index contributed by atoms with van der Waals surface area (Å²) in [5.41, 5.74) is 0. The quantitative estimate of drug-likeness (QED) is 0.0269. The van der Waals surface area contributed by atoms with E-state index < -0.39 is 32.5 Å². The topological polar surface area (TPSA) is 119 Å². The molecule has 0 aliphatic carbocycles. The van der Waals surface area contributed by atoms with Crippen molar-refractivity contribution in [2.75, 3.05) is 13.2 Å². The fourth-order valence-electron chi connectivity index (χ4n) is 6.74. The minimum atomic E-state index is -4.77. The van der Waals surface area contributed by atoms with Crippen molar-refractivity contribution < 1.29 is 37.9 Å². The van der Waals surface area contributed by atoms with Gasteiger partial charge in [0.05, 0.1) is 6.61 Å². The highest BCUT2D eigenvalue weighted by Crippen LogP contribution is 2.36. The molecule has 338 valence electrons. The zero-order valence-electron chi connectivity index (χ0n) is 37.4. The molecule has 0 aromatic heterocycles. The summed E-state index contributed by atoms with van der Waals surface area (Å²) in [6.07, 6.45) is 55.7. The largest absolute Gasteiger partial charge is 0.469 e. The highest BCUT2D eigenvalue weighted by molar-refractivity contribution is 7.46. The van der Waals surface area contributed by atoms with E-state index in [2.05, 4.69) is 67.0 Å². The van der Waals surface area contributed by atoms with Gasteiger partial charge in [-0.3, -0.25) is 14.1 Å². The van der Waals surface area contributed by atoms with Crippen LogP contribution in [0.4, 0.5) is 0 Å². The highest BCUT2D eigenvalue weighted by atomic mass is 31.2. The predicted molar refractivity (Wildman–Crippen MR) is 244 cm³/mol. The first-order chi connectivity index (χ1) is 28.3. The lowest BCUT2D eigenvalue weighted by atomic mass is 10.0. The first-order valence-corrected chi connectivity index (χ1v) is 25.5. The molecule has 0 aromatic carbocycles. The van der Waals surface area contributed by atoms with Crippen LogP contribution in [0.5, 0.6) is 0 Å². The molecule has 58 heavy (non-hydrogen) atoms. The second-order valence-corrected chi connectivity index (χ2v) is 17.3. The van der Waals surface area contributed by atoms with Crippen molar-refractivity contribution in [1.82, 2.24) is 0 Å². The van der Waals surface area contributed by atoms with Gasteiger partial charge in [-0.15, -0.1) is 0 Å². The summed E-state index contributed by atoms with van der Waals surface area (Å²) in [6.45, 7) is 3.64. The van der Waals surface area contributed by atoms with Gasteiger partial charge in [-0.05, 0) is 70.6 Å². The van der Waals surface area contributed by atoms with Gasteiger partial charge in [-0.1, -0.05) is 197 Å². The summed E-state index contributed by atoms with van der Waals surface area (Å²) >= 11 is 0. The van der Waals surface area contributed by atoms with Crippen LogP contribution in [0.3, 0.4) is 0 Å². The Morgan fingerprint density at radius 3 is 1.26 bits per heavy atom. The smallest absolute Gasteiger partial charge is 0.462 e. The molecule has 0 heterocycles. The number of allylic oxidation sites excluding steroid dienone is 8. The third-order valence-electron chi connectivity index (χ3n) is 10.3. The van der Waals surface area contributed by atoms with E-state index in [1.165, 1.54) is 141 Å². The predicted octanol–water partition coefficient (Wildman–Crippen LogP) is 15.1. The number of phosphoric acid groups is 1. The van der Waals surface area contributed by atoms with Crippen molar-refractivity contribution in [1.29, 1.82) is 0 Å². The average molecular weight is 837 g/mol. The lowest BCUT2D eigenvalue weighted by Crippen LogP contribution is -2.29. The number of carbonyl (C=O) groups is 2. The van der Waals surface area contributed by atoms with E-state index in [0.29, 0.717) is 12.8 Å². The maximum Gasteiger partial charge on any atom is 0.469 e. The molecule has 8 nitrogen and oxygen atoms in total. The van der Waals surface area contributed by atoms with Crippen LogP contribution >= 0.6 is 7.82 Å². The number of ether oxygens (including phenoxy) is 2. The van der Waals surface area contributed by atoms with E-state index in [0.717, 1.165) is 51.4 Å². The zero-order valence-corrected chi connectivity index (χ0v) is 38.3. The van der Waals surface area contributed by atoms with Gasteiger partial charge in [-0.2, -0.15) is 0 Å². The van der Waals surface area contributed by atoms with E-state index in [4.69, 9.17) is 19.3 Å². The number of hydrogen-bond donors (Lipinski definition) is 2. The van der Waals surface area contributed by atoms with Gasteiger partial charge in [0.25, 0.3) is 0 Å². The molecule has 9 heteroatoms. The van der Waals surface area contributed by atoms with Crippen LogP contribution in [-0.2, 0) is 28.2 Å². The number of rotatable bonds is 44. The maximum atomic E-state index is 12.4. The van der Waals surface area contributed by atoms with E-state index in [1.807, 2.05) is 0 Å². The average Bonchev–Trinajstić information content (AvgIpc) is 3.20. The SMILES string of the molecule is CCCCC/C=C/C/C=C/C/C=C/CCCCCCC(=O)O[C@H](COC(=O)CCC/C=C/CCCCCCCCCCCCCCCCCCCC)COP(=O)(O)O. The van der Waals surface area contributed by atoms with Gasteiger partial charge >= 0.3 is 19.8 Å². The summed E-state index contributed by atoms with van der Waals surface area (Å²) in [5, 5.41) is 0. The molecule has 0 aliphatic heterocycles. The zero-order chi connectivity index (χ0) is 42.5. The molecule has 0 rings (SSSR count). The number of unbranched alkanes of at least 4 members (excludes halogenated alkanes) is 26. The van der Waals surface area contributed by atoms with Crippen LogP contribution in [0, 0.1) is 0 Å². The molecule has 2 N–H and O–H groups in total. The normalized spacial score (nSPS) is 12.8. The molecule has 0 radical (unpaired) electrons.